The molecule has 0 aromatic heterocycles. The summed E-state index contributed by atoms with van der Waals surface area (Å²) in [6.07, 6.45) is 0. The highest BCUT2D eigenvalue weighted by atomic mass is 32.2. The van der Waals surface area contributed by atoms with Crippen LogP contribution in [0.4, 0.5) is 5.69 Å². The van der Waals surface area contributed by atoms with Gasteiger partial charge in [-0.25, -0.2) is 9.59 Å². The highest BCUT2D eigenvalue weighted by Gasteiger charge is 2.11. The zero-order valence-corrected chi connectivity index (χ0v) is 13.8. The van der Waals surface area contributed by atoms with Crippen LogP contribution in [0.2, 0.25) is 0 Å². The van der Waals surface area contributed by atoms with Crippen LogP contribution in [0.15, 0.2) is 48.5 Å². The van der Waals surface area contributed by atoms with Gasteiger partial charge < -0.3 is 15.5 Å². The summed E-state index contributed by atoms with van der Waals surface area (Å²) >= 11 is 0. The first-order valence-electron chi connectivity index (χ1n) is 7.15. The normalized spacial score (nSPS) is 11.5. The number of aromatic carboxylic acids is 2. The number of benzene rings is 2. The summed E-state index contributed by atoms with van der Waals surface area (Å²) in [7, 11) is -1.51. The molecule has 0 radical (unpaired) electrons. The molecule has 3 N–H and O–H groups in total. The summed E-state index contributed by atoms with van der Waals surface area (Å²) in [6.45, 7) is 0. The molecule has 0 aliphatic rings. The van der Waals surface area contributed by atoms with E-state index in [-0.39, 0.29) is 22.6 Å². The summed E-state index contributed by atoms with van der Waals surface area (Å²) in [6, 6.07) is 11.7. The highest BCUT2D eigenvalue weighted by Crippen LogP contribution is 2.11. The third-order valence-corrected chi connectivity index (χ3v) is 4.45. The molecule has 0 bridgehead atoms. The number of anilines is 1. The van der Waals surface area contributed by atoms with Gasteiger partial charge in [0.15, 0.2) is 0 Å². The molecule has 2 aromatic rings. The number of rotatable bonds is 7. The van der Waals surface area contributed by atoms with Gasteiger partial charge in [0, 0.05) is 22.2 Å². The second-order valence-corrected chi connectivity index (χ2v) is 6.62. The van der Waals surface area contributed by atoms with Crippen molar-refractivity contribution in [3.8, 4) is 0 Å². The maximum atomic E-state index is 12.1. The van der Waals surface area contributed by atoms with Crippen LogP contribution >= 0.6 is 0 Å². The third-order valence-electron chi connectivity index (χ3n) is 3.21. The topological polar surface area (TPSA) is 121 Å². The Bertz CT molecular complexity index is 831. The highest BCUT2D eigenvalue weighted by molar-refractivity contribution is 7.84. The van der Waals surface area contributed by atoms with E-state index in [0.29, 0.717) is 11.3 Å². The number of amides is 1. The van der Waals surface area contributed by atoms with Gasteiger partial charge in [0.1, 0.15) is 5.75 Å². The molecule has 1 atom stereocenters. The van der Waals surface area contributed by atoms with Gasteiger partial charge in [0.2, 0.25) is 5.91 Å². The monoisotopic (exact) mass is 361 g/mol. The molecule has 0 spiro atoms. The van der Waals surface area contributed by atoms with Crippen molar-refractivity contribution in [2.75, 3.05) is 11.1 Å². The molecule has 7 nitrogen and oxygen atoms in total. The molecule has 0 heterocycles. The molecule has 1 amide bonds. The maximum absolute atomic E-state index is 12.1. The van der Waals surface area contributed by atoms with Crippen molar-refractivity contribution < 1.29 is 28.8 Å². The minimum atomic E-state index is -1.51. The molecule has 0 aliphatic carbocycles. The Balaban J connectivity index is 1.91. The fraction of sp³-hybridized carbons (Fsp3) is 0.118. The second-order valence-electron chi connectivity index (χ2n) is 5.16. The molecule has 25 heavy (non-hydrogen) atoms. The van der Waals surface area contributed by atoms with E-state index in [1.807, 2.05) is 0 Å². The summed E-state index contributed by atoms with van der Waals surface area (Å²) in [4.78, 5) is 33.6. The van der Waals surface area contributed by atoms with E-state index in [9.17, 15) is 18.6 Å². The van der Waals surface area contributed by atoms with Crippen LogP contribution in [0.25, 0.3) is 0 Å². The van der Waals surface area contributed by atoms with Gasteiger partial charge in [0.05, 0.1) is 11.1 Å². The molecule has 0 saturated heterocycles. The van der Waals surface area contributed by atoms with Crippen LogP contribution in [-0.2, 0) is 21.3 Å². The van der Waals surface area contributed by atoms with Crippen molar-refractivity contribution in [3.63, 3.8) is 0 Å². The van der Waals surface area contributed by atoms with Crippen molar-refractivity contribution in [1.82, 2.24) is 0 Å². The second kappa shape index (κ2) is 8.20. The molecule has 2 aromatic carbocycles. The van der Waals surface area contributed by atoms with Crippen molar-refractivity contribution in [2.24, 2.45) is 0 Å². The molecular formula is C17H15NO6S. The average molecular weight is 361 g/mol. The van der Waals surface area contributed by atoms with Crippen LogP contribution in [0, 0.1) is 0 Å². The average Bonchev–Trinajstić information content (AvgIpc) is 2.55. The van der Waals surface area contributed by atoms with E-state index in [1.54, 1.807) is 12.1 Å². The van der Waals surface area contributed by atoms with Crippen LogP contribution < -0.4 is 5.32 Å². The van der Waals surface area contributed by atoms with E-state index in [4.69, 9.17) is 10.2 Å². The Kier molecular flexibility index (Phi) is 6.02. The van der Waals surface area contributed by atoms with E-state index < -0.39 is 28.6 Å². The first-order chi connectivity index (χ1) is 11.8. The van der Waals surface area contributed by atoms with E-state index in [1.165, 1.54) is 36.4 Å². The number of hydrogen-bond acceptors (Lipinski definition) is 4. The number of carboxylic acid groups (broad SMARTS) is 2. The van der Waals surface area contributed by atoms with Gasteiger partial charge in [-0.15, -0.1) is 0 Å². The predicted molar refractivity (Wildman–Crippen MR) is 92.1 cm³/mol. The Morgan fingerprint density at radius 3 is 2.16 bits per heavy atom. The first kappa shape index (κ1) is 18.3. The van der Waals surface area contributed by atoms with Gasteiger partial charge in [-0.1, -0.05) is 12.1 Å². The number of carbonyl (C=O) groups is 3. The lowest BCUT2D eigenvalue weighted by Crippen LogP contribution is -2.20. The van der Waals surface area contributed by atoms with Gasteiger partial charge in [-0.05, 0) is 42.0 Å². The Morgan fingerprint density at radius 2 is 1.56 bits per heavy atom. The number of carbonyl (C=O) groups excluding carboxylic acids is 1. The first-order valence-corrected chi connectivity index (χ1v) is 8.64. The van der Waals surface area contributed by atoms with E-state index >= 15 is 0 Å². The summed E-state index contributed by atoms with van der Waals surface area (Å²) in [5, 5.41) is 20.3. The molecule has 1 unspecified atom stereocenters. The Hall–Kier alpha value is -3.00. The van der Waals surface area contributed by atoms with Crippen LogP contribution in [0.5, 0.6) is 0 Å². The fourth-order valence-corrected chi connectivity index (χ4v) is 3.09. The largest absolute Gasteiger partial charge is 0.478 e. The summed E-state index contributed by atoms with van der Waals surface area (Å²) < 4.78 is 12.1. The van der Waals surface area contributed by atoms with Crippen LogP contribution in [-0.4, -0.2) is 38.0 Å². The smallest absolute Gasteiger partial charge is 0.335 e. The number of hydrogen-bond donors (Lipinski definition) is 3. The zero-order valence-electron chi connectivity index (χ0n) is 13.0. The minimum Gasteiger partial charge on any atom is -0.478 e. The number of nitrogens with one attached hydrogen (secondary N) is 1. The number of carboxylic acids is 2. The Labute approximate surface area is 145 Å². The molecular weight excluding hydrogens is 346 g/mol. The van der Waals surface area contributed by atoms with Crippen molar-refractivity contribution in [2.45, 2.75) is 5.75 Å². The van der Waals surface area contributed by atoms with Crippen molar-refractivity contribution in [1.29, 1.82) is 0 Å². The minimum absolute atomic E-state index is 0.0620. The lowest BCUT2D eigenvalue weighted by atomic mass is 10.1. The van der Waals surface area contributed by atoms with E-state index in [2.05, 4.69) is 5.32 Å². The summed E-state index contributed by atoms with van der Waals surface area (Å²) in [5.41, 5.74) is 1.16. The molecule has 2 rings (SSSR count). The summed E-state index contributed by atoms with van der Waals surface area (Å²) in [5.74, 6) is -2.81. The molecule has 130 valence electrons. The lowest BCUT2D eigenvalue weighted by Gasteiger charge is -2.06. The van der Waals surface area contributed by atoms with Crippen LogP contribution in [0.3, 0.4) is 0 Å². The van der Waals surface area contributed by atoms with E-state index in [0.717, 1.165) is 0 Å². The van der Waals surface area contributed by atoms with Gasteiger partial charge >= 0.3 is 11.9 Å². The molecule has 0 aliphatic heterocycles. The fourth-order valence-electron chi connectivity index (χ4n) is 2.07. The maximum Gasteiger partial charge on any atom is 0.335 e. The van der Waals surface area contributed by atoms with Gasteiger partial charge in [0.25, 0.3) is 0 Å². The quantitative estimate of drug-likeness (QED) is 0.693. The van der Waals surface area contributed by atoms with Crippen molar-refractivity contribution >= 4 is 34.3 Å². The molecule has 8 heteroatoms. The third kappa shape index (κ3) is 5.54. The standard InChI is InChI=1S/C17H15NO6S/c19-15(18-14-6-4-12(5-7-14)16(20)21)10-25(24)9-11-2-1-3-13(8-11)17(22)23/h1-8H,9-10H2,(H,18,19)(H,20,21)(H,22,23). The SMILES string of the molecule is O=C(CS(=O)Cc1cccc(C(=O)O)c1)Nc1ccc(C(=O)O)cc1. The van der Waals surface area contributed by atoms with Gasteiger partial charge in [-0.2, -0.15) is 0 Å². The zero-order chi connectivity index (χ0) is 18.4. The predicted octanol–water partition coefficient (Wildman–Crippen LogP) is 1.97. The van der Waals surface area contributed by atoms with Gasteiger partial charge in [-0.3, -0.25) is 9.00 Å². The molecule has 0 fully saturated rings. The molecule has 0 saturated carbocycles. The van der Waals surface area contributed by atoms with Crippen LogP contribution in [0.1, 0.15) is 26.3 Å². The lowest BCUT2D eigenvalue weighted by molar-refractivity contribution is -0.113. The Morgan fingerprint density at radius 1 is 0.920 bits per heavy atom. The van der Waals surface area contributed by atoms with Crippen molar-refractivity contribution in [3.05, 3.63) is 65.2 Å².